The van der Waals surface area contributed by atoms with Crippen LogP contribution in [0.1, 0.15) is 22.3 Å². The van der Waals surface area contributed by atoms with Gasteiger partial charge in [-0.2, -0.15) is 0 Å². The third-order valence-electron chi connectivity index (χ3n) is 7.03. The first-order valence-electron chi connectivity index (χ1n) is 12.4. The minimum atomic E-state index is -0.102. The van der Waals surface area contributed by atoms with Crippen molar-refractivity contribution in [3.05, 3.63) is 131 Å². The zero-order chi connectivity index (χ0) is 24.5. The van der Waals surface area contributed by atoms with E-state index in [1.54, 1.807) is 0 Å². The maximum absolute atomic E-state index is 13.9. The lowest BCUT2D eigenvalue weighted by Gasteiger charge is -2.17. The molecule has 0 unspecified atom stereocenters. The molecule has 0 saturated heterocycles. The highest BCUT2D eigenvalue weighted by Crippen LogP contribution is 2.46. The number of hydrogen-bond donors (Lipinski definition) is 0. The number of fused-ring (bicyclic) bond motifs is 2. The van der Waals surface area contributed by atoms with Crippen molar-refractivity contribution in [2.75, 3.05) is 22.9 Å². The van der Waals surface area contributed by atoms with Crippen LogP contribution in [-0.4, -0.2) is 24.9 Å². The van der Waals surface area contributed by atoms with Crippen molar-refractivity contribution in [3.63, 3.8) is 0 Å². The number of carbonyl (C=O) groups is 2. The standard InChI is InChI=1S/C32H26N2O2/c35-31-29(25-15-7-9-17-27(25)33(31)21-19-23-11-3-1-4-12-23)30-26-16-8-10-18-28(26)34(32(30)36)22-20-24-13-5-2-6-14-24/h1-18H,19-22H2/b30-29+. The van der Waals surface area contributed by atoms with E-state index in [9.17, 15) is 9.59 Å². The first-order chi connectivity index (χ1) is 17.7. The molecule has 2 amide bonds. The molecule has 4 nitrogen and oxygen atoms in total. The molecular weight excluding hydrogens is 444 g/mol. The van der Waals surface area contributed by atoms with Crippen molar-refractivity contribution in [2.24, 2.45) is 0 Å². The van der Waals surface area contributed by atoms with Gasteiger partial charge < -0.3 is 9.80 Å². The van der Waals surface area contributed by atoms with Crippen molar-refractivity contribution in [2.45, 2.75) is 12.8 Å². The highest BCUT2D eigenvalue weighted by atomic mass is 16.2. The number of benzene rings is 4. The van der Waals surface area contributed by atoms with E-state index in [1.165, 1.54) is 11.1 Å². The van der Waals surface area contributed by atoms with E-state index in [0.29, 0.717) is 24.2 Å². The fraction of sp³-hybridized carbons (Fsp3) is 0.125. The lowest BCUT2D eigenvalue weighted by atomic mass is 9.96. The quantitative estimate of drug-likeness (QED) is 0.336. The first kappa shape index (κ1) is 22.1. The maximum Gasteiger partial charge on any atom is 0.259 e. The Labute approximate surface area is 211 Å². The molecule has 0 radical (unpaired) electrons. The summed E-state index contributed by atoms with van der Waals surface area (Å²) in [5, 5.41) is 0. The van der Waals surface area contributed by atoms with E-state index in [4.69, 9.17) is 0 Å². The Morgan fingerprint density at radius 2 is 0.806 bits per heavy atom. The average Bonchev–Trinajstić information content (AvgIpc) is 3.36. The minimum absolute atomic E-state index is 0.102. The molecule has 0 spiro atoms. The zero-order valence-corrected chi connectivity index (χ0v) is 19.9. The molecule has 0 saturated carbocycles. The van der Waals surface area contributed by atoms with Crippen molar-refractivity contribution in [1.82, 2.24) is 0 Å². The SMILES string of the molecule is O=C1/C(=C2/C(=O)N(CCc3ccccc3)c3ccccc32)c2ccccc2N1CCc1ccccc1. The topological polar surface area (TPSA) is 40.6 Å². The van der Waals surface area contributed by atoms with Crippen molar-refractivity contribution in [3.8, 4) is 0 Å². The van der Waals surface area contributed by atoms with Crippen LogP contribution in [0.3, 0.4) is 0 Å². The Hall–Kier alpha value is -4.44. The molecule has 0 atom stereocenters. The maximum atomic E-state index is 13.9. The molecule has 176 valence electrons. The van der Waals surface area contributed by atoms with Crippen LogP contribution < -0.4 is 9.80 Å². The Morgan fingerprint density at radius 3 is 1.22 bits per heavy atom. The number of anilines is 2. The van der Waals surface area contributed by atoms with E-state index in [1.807, 2.05) is 94.7 Å². The van der Waals surface area contributed by atoms with E-state index >= 15 is 0 Å². The van der Waals surface area contributed by atoms with Crippen LogP contribution in [-0.2, 0) is 22.4 Å². The Bertz CT molecular complexity index is 1360. The summed E-state index contributed by atoms with van der Waals surface area (Å²) >= 11 is 0. The largest absolute Gasteiger partial charge is 0.307 e. The van der Waals surface area contributed by atoms with Gasteiger partial charge in [-0.1, -0.05) is 97.1 Å². The van der Waals surface area contributed by atoms with Gasteiger partial charge in [0.25, 0.3) is 11.8 Å². The summed E-state index contributed by atoms with van der Waals surface area (Å²) in [5.74, 6) is -0.203. The zero-order valence-electron chi connectivity index (χ0n) is 19.9. The second-order valence-electron chi connectivity index (χ2n) is 9.17. The predicted octanol–water partition coefficient (Wildman–Crippen LogP) is 5.78. The molecule has 0 N–H and O–H groups in total. The van der Waals surface area contributed by atoms with Crippen LogP contribution in [0.4, 0.5) is 11.4 Å². The highest BCUT2D eigenvalue weighted by Gasteiger charge is 2.41. The normalized spacial score (nSPS) is 16.4. The first-order valence-corrected chi connectivity index (χ1v) is 12.4. The summed E-state index contributed by atoms with van der Waals surface area (Å²) in [7, 11) is 0. The molecule has 0 bridgehead atoms. The van der Waals surface area contributed by atoms with E-state index in [0.717, 1.165) is 35.3 Å². The molecular formula is C32H26N2O2. The molecule has 4 heteroatoms. The second kappa shape index (κ2) is 9.31. The minimum Gasteiger partial charge on any atom is -0.307 e. The lowest BCUT2D eigenvalue weighted by Crippen LogP contribution is -2.31. The molecule has 4 aromatic carbocycles. The van der Waals surface area contributed by atoms with Crippen LogP contribution in [0.2, 0.25) is 0 Å². The van der Waals surface area contributed by atoms with Gasteiger partial charge in [0.1, 0.15) is 0 Å². The number of para-hydroxylation sites is 2. The number of carbonyl (C=O) groups excluding carboxylic acids is 2. The van der Waals surface area contributed by atoms with Gasteiger partial charge in [0.15, 0.2) is 0 Å². The monoisotopic (exact) mass is 470 g/mol. The second-order valence-corrected chi connectivity index (χ2v) is 9.17. The Morgan fingerprint density at radius 1 is 0.444 bits per heavy atom. The number of hydrogen-bond acceptors (Lipinski definition) is 2. The van der Waals surface area contributed by atoms with Gasteiger partial charge in [-0.3, -0.25) is 9.59 Å². The van der Waals surface area contributed by atoms with E-state index in [2.05, 4.69) is 24.3 Å². The van der Waals surface area contributed by atoms with Crippen molar-refractivity contribution < 1.29 is 9.59 Å². The van der Waals surface area contributed by atoms with Gasteiger partial charge in [-0.15, -0.1) is 0 Å². The molecule has 4 aromatic rings. The molecule has 6 rings (SSSR count). The summed E-state index contributed by atoms with van der Waals surface area (Å²) in [6, 6.07) is 36.0. The Balaban J connectivity index is 1.38. The molecule has 36 heavy (non-hydrogen) atoms. The lowest BCUT2D eigenvalue weighted by molar-refractivity contribution is -0.114. The van der Waals surface area contributed by atoms with Gasteiger partial charge in [-0.05, 0) is 36.1 Å². The average molecular weight is 471 g/mol. The van der Waals surface area contributed by atoms with Crippen molar-refractivity contribution in [1.29, 1.82) is 0 Å². The van der Waals surface area contributed by atoms with Crippen LogP contribution in [0.25, 0.3) is 11.1 Å². The fourth-order valence-electron chi connectivity index (χ4n) is 5.26. The van der Waals surface area contributed by atoms with Crippen LogP contribution >= 0.6 is 0 Å². The van der Waals surface area contributed by atoms with Gasteiger partial charge in [0.2, 0.25) is 0 Å². The summed E-state index contributed by atoms with van der Waals surface area (Å²) in [4.78, 5) is 31.5. The fourth-order valence-corrected chi connectivity index (χ4v) is 5.26. The molecule has 0 aliphatic carbocycles. The summed E-state index contributed by atoms with van der Waals surface area (Å²) < 4.78 is 0. The summed E-state index contributed by atoms with van der Waals surface area (Å²) in [6.07, 6.45) is 1.49. The van der Waals surface area contributed by atoms with Crippen LogP contribution in [0.15, 0.2) is 109 Å². The Kier molecular flexibility index (Phi) is 5.70. The molecule has 0 aromatic heterocycles. The molecule has 2 aliphatic heterocycles. The molecule has 0 fully saturated rings. The van der Waals surface area contributed by atoms with E-state index in [-0.39, 0.29) is 11.8 Å². The third kappa shape index (κ3) is 3.81. The highest BCUT2D eigenvalue weighted by molar-refractivity contribution is 6.49. The van der Waals surface area contributed by atoms with Crippen molar-refractivity contribution >= 4 is 34.3 Å². The van der Waals surface area contributed by atoms with E-state index < -0.39 is 0 Å². The number of amides is 2. The molecule has 2 aliphatic rings. The van der Waals surface area contributed by atoms with Gasteiger partial charge in [0.05, 0.1) is 22.5 Å². The third-order valence-corrected chi connectivity index (χ3v) is 7.03. The number of nitrogens with zero attached hydrogens (tertiary/aromatic N) is 2. The molecule has 2 heterocycles. The van der Waals surface area contributed by atoms with Gasteiger partial charge in [-0.25, -0.2) is 0 Å². The predicted molar refractivity (Wildman–Crippen MR) is 145 cm³/mol. The smallest absolute Gasteiger partial charge is 0.259 e. The van der Waals surface area contributed by atoms with Gasteiger partial charge in [0, 0.05) is 24.2 Å². The van der Waals surface area contributed by atoms with Crippen LogP contribution in [0, 0.1) is 0 Å². The van der Waals surface area contributed by atoms with Crippen LogP contribution in [0.5, 0.6) is 0 Å². The summed E-state index contributed by atoms with van der Waals surface area (Å²) in [5.41, 5.74) is 6.79. The summed E-state index contributed by atoms with van der Waals surface area (Å²) in [6.45, 7) is 1.12. The number of rotatable bonds is 6. The van der Waals surface area contributed by atoms with Gasteiger partial charge >= 0.3 is 0 Å².